The molecule has 0 aliphatic rings. The van der Waals surface area contributed by atoms with Gasteiger partial charge in [-0.25, -0.2) is 4.39 Å². The van der Waals surface area contributed by atoms with Crippen LogP contribution in [-0.2, 0) is 16.0 Å². The minimum Gasteiger partial charge on any atom is -0.469 e. The van der Waals surface area contributed by atoms with Crippen molar-refractivity contribution in [2.45, 2.75) is 19.8 Å². The molecule has 1 atom stereocenters. The lowest BCUT2D eigenvalue weighted by Crippen LogP contribution is -2.18. The number of hydrogen-bond acceptors (Lipinski definition) is 2. The van der Waals surface area contributed by atoms with Crippen LogP contribution in [-0.4, -0.2) is 13.1 Å². The number of esters is 1. The lowest BCUT2D eigenvalue weighted by atomic mass is 9.97. The van der Waals surface area contributed by atoms with Crippen molar-refractivity contribution in [2.24, 2.45) is 5.92 Å². The van der Waals surface area contributed by atoms with E-state index in [1.165, 1.54) is 19.2 Å². The van der Waals surface area contributed by atoms with E-state index in [9.17, 15) is 9.18 Å². The van der Waals surface area contributed by atoms with Crippen LogP contribution in [0.5, 0.6) is 0 Å². The third kappa shape index (κ3) is 3.20. The highest BCUT2D eigenvalue weighted by molar-refractivity contribution is 6.30. The number of rotatable bonds is 4. The summed E-state index contributed by atoms with van der Waals surface area (Å²) in [4.78, 5) is 11.4. The molecule has 0 heterocycles. The molecule has 16 heavy (non-hydrogen) atoms. The molecule has 2 nitrogen and oxygen atoms in total. The molecule has 0 radical (unpaired) electrons. The second-order valence-electron chi connectivity index (χ2n) is 3.57. The van der Waals surface area contributed by atoms with Crippen LogP contribution in [0.25, 0.3) is 0 Å². The molecule has 0 aromatic heterocycles. The zero-order chi connectivity index (χ0) is 12.1. The fourth-order valence-electron chi connectivity index (χ4n) is 1.53. The average molecular weight is 245 g/mol. The SMILES string of the molecule is CCC(Cc1cc(Cl)ccc1F)C(=O)OC. The van der Waals surface area contributed by atoms with Gasteiger partial charge in [0, 0.05) is 5.02 Å². The first-order valence-electron chi connectivity index (χ1n) is 5.10. The van der Waals surface area contributed by atoms with E-state index in [2.05, 4.69) is 4.74 Å². The predicted molar refractivity (Wildman–Crippen MR) is 60.9 cm³/mol. The Morgan fingerprint density at radius 3 is 2.81 bits per heavy atom. The quantitative estimate of drug-likeness (QED) is 0.761. The molecule has 1 rings (SSSR count). The molecule has 88 valence electrons. The highest BCUT2D eigenvalue weighted by atomic mass is 35.5. The Morgan fingerprint density at radius 1 is 1.56 bits per heavy atom. The van der Waals surface area contributed by atoms with Gasteiger partial charge in [-0.1, -0.05) is 18.5 Å². The molecule has 0 aliphatic carbocycles. The van der Waals surface area contributed by atoms with Gasteiger partial charge in [0.05, 0.1) is 13.0 Å². The Bertz CT molecular complexity index is 379. The van der Waals surface area contributed by atoms with E-state index < -0.39 is 0 Å². The lowest BCUT2D eigenvalue weighted by molar-refractivity contribution is -0.145. The van der Waals surface area contributed by atoms with E-state index >= 15 is 0 Å². The third-order valence-corrected chi connectivity index (χ3v) is 2.74. The molecule has 0 spiro atoms. The van der Waals surface area contributed by atoms with E-state index in [0.717, 1.165) is 0 Å². The maximum absolute atomic E-state index is 13.4. The molecule has 0 N–H and O–H groups in total. The van der Waals surface area contributed by atoms with E-state index in [4.69, 9.17) is 11.6 Å². The maximum Gasteiger partial charge on any atom is 0.308 e. The second kappa shape index (κ2) is 5.85. The van der Waals surface area contributed by atoms with Gasteiger partial charge >= 0.3 is 5.97 Å². The molecule has 1 aromatic rings. The fraction of sp³-hybridized carbons (Fsp3) is 0.417. The summed E-state index contributed by atoms with van der Waals surface area (Å²) in [6.07, 6.45) is 0.925. The number of carbonyl (C=O) groups is 1. The number of benzene rings is 1. The Hall–Kier alpha value is -1.09. The molecule has 0 aliphatic heterocycles. The highest BCUT2D eigenvalue weighted by Crippen LogP contribution is 2.20. The smallest absolute Gasteiger partial charge is 0.308 e. The normalized spacial score (nSPS) is 12.2. The molecule has 4 heteroatoms. The first-order valence-corrected chi connectivity index (χ1v) is 5.48. The van der Waals surface area contributed by atoms with Crippen LogP contribution in [0.2, 0.25) is 5.02 Å². The van der Waals surface area contributed by atoms with Gasteiger partial charge in [0.2, 0.25) is 0 Å². The average Bonchev–Trinajstić information content (AvgIpc) is 2.29. The Morgan fingerprint density at radius 2 is 2.25 bits per heavy atom. The molecule has 0 bridgehead atoms. The van der Waals surface area contributed by atoms with E-state index in [0.29, 0.717) is 23.4 Å². The monoisotopic (exact) mass is 244 g/mol. The van der Waals surface area contributed by atoms with Crippen molar-refractivity contribution in [3.8, 4) is 0 Å². The number of methoxy groups -OCH3 is 1. The van der Waals surface area contributed by atoms with Gasteiger partial charge in [0.15, 0.2) is 0 Å². The van der Waals surface area contributed by atoms with Gasteiger partial charge in [-0.2, -0.15) is 0 Å². The van der Waals surface area contributed by atoms with Crippen molar-refractivity contribution in [1.29, 1.82) is 0 Å². The van der Waals surface area contributed by atoms with Crippen molar-refractivity contribution in [1.82, 2.24) is 0 Å². The van der Waals surface area contributed by atoms with E-state index in [1.54, 1.807) is 6.07 Å². The third-order valence-electron chi connectivity index (χ3n) is 2.50. The standard InChI is InChI=1S/C12H14ClFO2/c1-3-8(12(15)16-2)6-9-7-10(13)4-5-11(9)14/h4-5,7-8H,3,6H2,1-2H3. The fourth-order valence-corrected chi connectivity index (χ4v) is 1.72. The van der Waals surface area contributed by atoms with Crippen molar-refractivity contribution in [3.63, 3.8) is 0 Å². The van der Waals surface area contributed by atoms with Gasteiger partial charge in [0.1, 0.15) is 5.82 Å². The minimum absolute atomic E-state index is 0.315. The van der Waals surface area contributed by atoms with Crippen LogP contribution in [0.3, 0.4) is 0 Å². The molecule has 0 saturated heterocycles. The van der Waals surface area contributed by atoms with Gasteiger partial charge in [0.25, 0.3) is 0 Å². The van der Waals surface area contributed by atoms with Crippen LogP contribution in [0.4, 0.5) is 4.39 Å². The number of ether oxygens (including phenoxy) is 1. The van der Waals surface area contributed by atoms with Gasteiger partial charge in [-0.3, -0.25) is 4.79 Å². The van der Waals surface area contributed by atoms with Crippen molar-refractivity contribution in [3.05, 3.63) is 34.6 Å². The number of carbonyl (C=O) groups excluding carboxylic acids is 1. The summed E-state index contributed by atoms with van der Waals surface area (Å²) in [6, 6.07) is 4.34. The highest BCUT2D eigenvalue weighted by Gasteiger charge is 2.19. The number of halogens is 2. The lowest BCUT2D eigenvalue weighted by Gasteiger charge is -2.12. The molecular formula is C12H14ClFO2. The summed E-state index contributed by atoms with van der Waals surface area (Å²) in [5, 5.41) is 0.469. The summed E-state index contributed by atoms with van der Waals surface area (Å²) in [5.41, 5.74) is 0.449. The summed E-state index contributed by atoms with van der Waals surface area (Å²) >= 11 is 5.77. The number of hydrogen-bond donors (Lipinski definition) is 0. The van der Waals surface area contributed by atoms with Crippen molar-refractivity contribution in [2.75, 3.05) is 7.11 Å². The van der Waals surface area contributed by atoms with Crippen LogP contribution in [0, 0.1) is 11.7 Å². The van der Waals surface area contributed by atoms with Gasteiger partial charge in [-0.05, 0) is 36.6 Å². The molecular weight excluding hydrogens is 231 g/mol. The summed E-state index contributed by atoms with van der Waals surface area (Å²) < 4.78 is 18.1. The molecule has 0 amide bonds. The molecule has 1 unspecified atom stereocenters. The van der Waals surface area contributed by atoms with Crippen LogP contribution >= 0.6 is 11.6 Å². The van der Waals surface area contributed by atoms with Crippen molar-refractivity contribution < 1.29 is 13.9 Å². The summed E-state index contributed by atoms with van der Waals surface area (Å²) in [6.45, 7) is 1.87. The molecule has 1 aromatic carbocycles. The van der Waals surface area contributed by atoms with Gasteiger partial charge < -0.3 is 4.74 Å². The van der Waals surface area contributed by atoms with Crippen molar-refractivity contribution >= 4 is 17.6 Å². The Labute approximate surface area is 99.4 Å². The zero-order valence-corrected chi connectivity index (χ0v) is 10.1. The topological polar surface area (TPSA) is 26.3 Å². The summed E-state index contributed by atoms with van der Waals surface area (Å²) in [7, 11) is 1.33. The molecule has 0 saturated carbocycles. The second-order valence-corrected chi connectivity index (χ2v) is 4.00. The van der Waals surface area contributed by atoms with E-state index in [-0.39, 0.29) is 17.7 Å². The maximum atomic E-state index is 13.4. The first kappa shape index (κ1) is 13.0. The summed E-state index contributed by atoms with van der Waals surface area (Å²) in [5.74, 6) is -0.980. The Kier molecular flexibility index (Phi) is 4.74. The molecule has 0 fully saturated rings. The van der Waals surface area contributed by atoms with Crippen LogP contribution < -0.4 is 0 Å². The van der Waals surface area contributed by atoms with Crippen LogP contribution in [0.1, 0.15) is 18.9 Å². The van der Waals surface area contributed by atoms with Crippen LogP contribution in [0.15, 0.2) is 18.2 Å². The first-order chi connectivity index (χ1) is 7.58. The Balaban J connectivity index is 2.85. The van der Waals surface area contributed by atoms with Gasteiger partial charge in [-0.15, -0.1) is 0 Å². The zero-order valence-electron chi connectivity index (χ0n) is 9.30. The largest absolute Gasteiger partial charge is 0.469 e. The minimum atomic E-state index is -0.341. The van der Waals surface area contributed by atoms with E-state index in [1.807, 2.05) is 6.92 Å². The predicted octanol–water partition coefficient (Wildman–Crippen LogP) is 3.22.